The molecule has 0 bridgehead atoms. The van der Waals surface area contributed by atoms with E-state index in [1.165, 1.54) is 15.4 Å². The minimum absolute atomic E-state index is 0.108. The lowest BCUT2D eigenvalue weighted by molar-refractivity contribution is -0.131. The summed E-state index contributed by atoms with van der Waals surface area (Å²) in [6, 6.07) is 26.6. The van der Waals surface area contributed by atoms with E-state index in [0.29, 0.717) is 31.9 Å². The average Bonchev–Trinajstić information content (AvgIpc) is 2.85. The van der Waals surface area contributed by atoms with Crippen LogP contribution in [-0.4, -0.2) is 63.1 Å². The fourth-order valence-corrected chi connectivity index (χ4v) is 5.61. The third kappa shape index (κ3) is 5.92. The standard InChI is InChI=1S/C28H33N3O3S/c1-22-14-15-23(2)26(20-22)31(35(3,33)34)21-27(32)29-16-18-30(19-17-29)28(24-10-6-4-7-11-24)25-12-8-5-9-13-25/h4-15,20,28H,16-19,21H2,1-3H3. The van der Waals surface area contributed by atoms with Crippen LogP contribution in [0.25, 0.3) is 0 Å². The van der Waals surface area contributed by atoms with Crippen LogP contribution in [0.3, 0.4) is 0 Å². The predicted octanol–water partition coefficient (Wildman–Crippen LogP) is 4.00. The van der Waals surface area contributed by atoms with E-state index >= 15 is 0 Å². The van der Waals surface area contributed by atoms with Crippen molar-refractivity contribution in [3.05, 3.63) is 101 Å². The Kier molecular flexibility index (Phi) is 7.57. The highest BCUT2D eigenvalue weighted by molar-refractivity contribution is 7.92. The molecule has 0 aromatic heterocycles. The topological polar surface area (TPSA) is 60.9 Å². The Labute approximate surface area is 208 Å². The van der Waals surface area contributed by atoms with Crippen molar-refractivity contribution in [3.63, 3.8) is 0 Å². The normalized spacial score (nSPS) is 14.8. The Balaban J connectivity index is 1.49. The molecule has 1 fully saturated rings. The maximum absolute atomic E-state index is 13.2. The summed E-state index contributed by atoms with van der Waals surface area (Å²) in [5.41, 5.74) is 4.78. The number of aryl methyl sites for hydroxylation is 2. The van der Waals surface area contributed by atoms with Crippen LogP contribution < -0.4 is 4.31 Å². The maximum atomic E-state index is 13.2. The molecule has 35 heavy (non-hydrogen) atoms. The van der Waals surface area contributed by atoms with E-state index in [0.717, 1.165) is 17.4 Å². The van der Waals surface area contributed by atoms with Gasteiger partial charge >= 0.3 is 0 Å². The zero-order chi connectivity index (χ0) is 25.0. The molecule has 1 heterocycles. The average molecular weight is 492 g/mol. The molecule has 0 saturated carbocycles. The molecule has 3 aromatic rings. The molecule has 1 saturated heterocycles. The van der Waals surface area contributed by atoms with Gasteiger partial charge in [0.2, 0.25) is 15.9 Å². The first-order valence-electron chi connectivity index (χ1n) is 11.9. The number of anilines is 1. The predicted molar refractivity (Wildman–Crippen MR) is 141 cm³/mol. The van der Waals surface area contributed by atoms with Gasteiger partial charge < -0.3 is 4.90 Å². The van der Waals surface area contributed by atoms with Crippen LogP contribution in [0, 0.1) is 13.8 Å². The van der Waals surface area contributed by atoms with Crippen molar-refractivity contribution in [1.29, 1.82) is 0 Å². The summed E-state index contributed by atoms with van der Waals surface area (Å²) in [6.07, 6.45) is 1.16. The van der Waals surface area contributed by atoms with Gasteiger partial charge in [-0.1, -0.05) is 72.8 Å². The summed E-state index contributed by atoms with van der Waals surface area (Å²) in [5, 5.41) is 0. The van der Waals surface area contributed by atoms with E-state index in [4.69, 9.17) is 0 Å². The number of hydrogen-bond donors (Lipinski definition) is 0. The van der Waals surface area contributed by atoms with E-state index in [2.05, 4.69) is 53.4 Å². The van der Waals surface area contributed by atoms with Crippen molar-refractivity contribution in [2.24, 2.45) is 0 Å². The molecule has 1 aliphatic heterocycles. The molecule has 4 rings (SSSR count). The Hall–Kier alpha value is -3.16. The monoisotopic (exact) mass is 491 g/mol. The van der Waals surface area contributed by atoms with Crippen LogP contribution in [0.5, 0.6) is 0 Å². The van der Waals surface area contributed by atoms with Gasteiger partial charge in [-0.15, -0.1) is 0 Å². The highest BCUT2D eigenvalue weighted by atomic mass is 32.2. The lowest BCUT2D eigenvalue weighted by Gasteiger charge is -2.40. The van der Waals surface area contributed by atoms with Crippen LogP contribution in [-0.2, 0) is 14.8 Å². The first kappa shape index (κ1) is 24.9. The number of carbonyl (C=O) groups is 1. The minimum Gasteiger partial charge on any atom is -0.339 e. The summed E-state index contributed by atoms with van der Waals surface area (Å²) in [4.78, 5) is 17.4. The number of rotatable bonds is 7. The summed E-state index contributed by atoms with van der Waals surface area (Å²) in [5.74, 6) is -0.174. The quantitative estimate of drug-likeness (QED) is 0.501. The third-order valence-electron chi connectivity index (χ3n) is 6.58. The van der Waals surface area contributed by atoms with E-state index in [1.54, 1.807) is 4.90 Å². The number of sulfonamides is 1. The van der Waals surface area contributed by atoms with Gasteiger partial charge in [0.15, 0.2) is 0 Å². The summed E-state index contributed by atoms with van der Waals surface area (Å²) < 4.78 is 26.5. The molecule has 0 N–H and O–H groups in total. The van der Waals surface area contributed by atoms with Gasteiger partial charge in [0, 0.05) is 26.2 Å². The highest BCUT2D eigenvalue weighted by Gasteiger charge is 2.30. The number of carbonyl (C=O) groups excluding carboxylic acids is 1. The highest BCUT2D eigenvalue weighted by Crippen LogP contribution is 2.30. The summed E-state index contributed by atoms with van der Waals surface area (Å²) in [6.45, 7) is 6.12. The molecular formula is C28H33N3O3S. The molecule has 0 radical (unpaired) electrons. The molecule has 1 aliphatic rings. The van der Waals surface area contributed by atoms with Crippen LogP contribution in [0.15, 0.2) is 78.9 Å². The molecule has 1 amide bonds. The molecule has 7 heteroatoms. The Morgan fingerprint density at radius 2 is 1.40 bits per heavy atom. The lowest BCUT2D eigenvalue weighted by Crippen LogP contribution is -2.52. The molecule has 3 aromatic carbocycles. The van der Waals surface area contributed by atoms with E-state index in [9.17, 15) is 13.2 Å². The fraction of sp³-hybridized carbons (Fsp3) is 0.321. The molecule has 0 atom stereocenters. The Morgan fingerprint density at radius 3 is 1.91 bits per heavy atom. The van der Waals surface area contributed by atoms with Gasteiger partial charge in [-0.25, -0.2) is 8.42 Å². The second-order valence-electron chi connectivity index (χ2n) is 9.20. The molecule has 184 valence electrons. The van der Waals surface area contributed by atoms with Gasteiger partial charge in [0.25, 0.3) is 0 Å². The molecular weight excluding hydrogens is 458 g/mol. The van der Waals surface area contributed by atoms with Gasteiger partial charge in [0.05, 0.1) is 18.0 Å². The third-order valence-corrected chi connectivity index (χ3v) is 7.70. The van der Waals surface area contributed by atoms with Crippen molar-refractivity contribution in [2.75, 3.05) is 43.3 Å². The van der Waals surface area contributed by atoms with Crippen molar-refractivity contribution >= 4 is 21.6 Å². The number of piperazine rings is 1. The Morgan fingerprint density at radius 1 is 0.857 bits per heavy atom. The van der Waals surface area contributed by atoms with Gasteiger partial charge in [-0.3, -0.25) is 14.0 Å². The first-order chi connectivity index (χ1) is 16.7. The largest absolute Gasteiger partial charge is 0.339 e. The van der Waals surface area contributed by atoms with Crippen LogP contribution in [0.4, 0.5) is 5.69 Å². The van der Waals surface area contributed by atoms with Gasteiger partial charge in [0.1, 0.15) is 6.54 Å². The molecule has 6 nitrogen and oxygen atoms in total. The summed E-state index contributed by atoms with van der Waals surface area (Å²) >= 11 is 0. The number of nitrogens with zero attached hydrogens (tertiary/aromatic N) is 3. The number of amides is 1. The van der Waals surface area contributed by atoms with Crippen LogP contribution in [0.1, 0.15) is 28.3 Å². The summed E-state index contributed by atoms with van der Waals surface area (Å²) in [7, 11) is -3.61. The number of benzene rings is 3. The van der Waals surface area contributed by atoms with Crippen LogP contribution in [0.2, 0.25) is 0 Å². The van der Waals surface area contributed by atoms with Crippen LogP contribution >= 0.6 is 0 Å². The second-order valence-corrected chi connectivity index (χ2v) is 11.1. The zero-order valence-electron chi connectivity index (χ0n) is 20.6. The fourth-order valence-electron chi connectivity index (χ4n) is 4.71. The van der Waals surface area contributed by atoms with E-state index in [-0.39, 0.29) is 18.5 Å². The molecule has 0 aliphatic carbocycles. The zero-order valence-corrected chi connectivity index (χ0v) is 21.4. The van der Waals surface area contributed by atoms with Crippen molar-refractivity contribution in [2.45, 2.75) is 19.9 Å². The molecule has 0 spiro atoms. The smallest absolute Gasteiger partial charge is 0.243 e. The van der Waals surface area contributed by atoms with Gasteiger partial charge in [-0.2, -0.15) is 0 Å². The van der Waals surface area contributed by atoms with E-state index in [1.807, 2.05) is 44.2 Å². The molecule has 0 unspecified atom stereocenters. The SMILES string of the molecule is Cc1ccc(C)c(N(CC(=O)N2CCN(C(c3ccccc3)c3ccccc3)CC2)S(C)(=O)=O)c1. The Bertz CT molecular complexity index is 1220. The lowest BCUT2D eigenvalue weighted by atomic mass is 9.96. The number of hydrogen-bond acceptors (Lipinski definition) is 4. The van der Waals surface area contributed by atoms with Gasteiger partial charge in [-0.05, 0) is 42.2 Å². The van der Waals surface area contributed by atoms with Crippen molar-refractivity contribution < 1.29 is 13.2 Å². The minimum atomic E-state index is -3.61. The maximum Gasteiger partial charge on any atom is 0.243 e. The first-order valence-corrected chi connectivity index (χ1v) is 13.8. The second kappa shape index (κ2) is 10.6. The van der Waals surface area contributed by atoms with Crippen molar-refractivity contribution in [1.82, 2.24) is 9.80 Å². The van der Waals surface area contributed by atoms with Crippen molar-refractivity contribution in [3.8, 4) is 0 Å². The van der Waals surface area contributed by atoms with E-state index < -0.39 is 10.0 Å².